The van der Waals surface area contributed by atoms with Gasteiger partial charge >= 0.3 is 0 Å². The molecule has 1 rings (SSSR count). The second-order valence-corrected chi connectivity index (χ2v) is 2.70. The molecule has 3 nitrogen and oxygen atoms in total. The van der Waals surface area contributed by atoms with Gasteiger partial charge in [0.2, 0.25) is 0 Å². The molecular weight excluding hydrogens is 140 g/mol. The van der Waals surface area contributed by atoms with Crippen LogP contribution in [0.2, 0.25) is 0 Å². The normalized spacial score (nSPS) is 10.4. The van der Waals surface area contributed by atoms with Crippen LogP contribution in [-0.4, -0.2) is 14.9 Å². The average Bonchev–Trinajstić information content (AvgIpc) is 2.29. The Balaban J connectivity index is 2.67. The summed E-state index contributed by atoms with van der Waals surface area (Å²) in [6.07, 6.45) is 4.65. The van der Waals surface area contributed by atoms with Crippen LogP contribution in [0.1, 0.15) is 25.5 Å². The second kappa shape index (κ2) is 3.42. The summed E-state index contributed by atoms with van der Waals surface area (Å²) in [5.41, 5.74) is 0.937. The van der Waals surface area contributed by atoms with Crippen LogP contribution >= 0.6 is 0 Å². The Morgan fingerprint density at radius 1 is 1.64 bits per heavy atom. The molecule has 1 aromatic heterocycles. The summed E-state index contributed by atoms with van der Waals surface area (Å²) in [5.74, 6) is 0.320. The number of unbranched alkanes of at least 4 members (excludes halogenated alkanes) is 1. The monoisotopic (exact) mass is 154 g/mol. The molecule has 1 N–H and O–H groups in total. The Morgan fingerprint density at radius 2 is 2.36 bits per heavy atom. The first-order chi connectivity index (χ1) is 5.25. The van der Waals surface area contributed by atoms with Gasteiger partial charge < -0.3 is 5.11 Å². The lowest BCUT2D eigenvalue weighted by molar-refractivity contribution is 0.464. The van der Waals surface area contributed by atoms with E-state index in [0.717, 1.165) is 25.0 Å². The quantitative estimate of drug-likeness (QED) is 0.715. The summed E-state index contributed by atoms with van der Waals surface area (Å²) in [6, 6.07) is 0. The van der Waals surface area contributed by atoms with Crippen molar-refractivity contribution in [3.63, 3.8) is 0 Å². The molecule has 1 heterocycles. The average molecular weight is 154 g/mol. The summed E-state index contributed by atoms with van der Waals surface area (Å²) >= 11 is 0. The van der Waals surface area contributed by atoms with E-state index >= 15 is 0 Å². The molecule has 0 aliphatic carbocycles. The van der Waals surface area contributed by atoms with E-state index in [4.69, 9.17) is 0 Å². The van der Waals surface area contributed by atoms with E-state index in [2.05, 4.69) is 12.0 Å². The van der Waals surface area contributed by atoms with E-state index in [1.165, 1.54) is 6.20 Å². The minimum absolute atomic E-state index is 0.320. The van der Waals surface area contributed by atoms with Crippen molar-refractivity contribution in [1.82, 2.24) is 9.78 Å². The molecule has 0 saturated heterocycles. The van der Waals surface area contributed by atoms with Gasteiger partial charge in [-0.25, -0.2) is 0 Å². The van der Waals surface area contributed by atoms with E-state index < -0.39 is 0 Å². The smallest absolute Gasteiger partial charge is 0.156 e. The van der Waals surface area contributed by atoms with E-state index in [1.54, 1.807) is 4.68 Å². The van der Waals surface area contributed by atoms with E-state index in [-0.39, 0.29) is 0 Å². The molecule has 0 fully saturated rings. The molecule has 1 aromatic rings. The molecule has 0 aromatic carbocycles. The summed E-state index contributed by atoms with van der Waals surface area (Å²) in [5, 5.41) is 13.2. The van der Waals surface area contributed by atoms with Crippen molar-refractivity contribution in [2.24, 2.45) is 7.05 Å². The van der Waals surface area contributed by atoms with Gasteiger partial charge in [-0.1, -0.05) is 13.3 Å². The lowest BCUT2D eigenvalue weighted by Crippen LogP contribution is -1.97. The largest absolute Gasteiger partial charge is 0.504 e. The van der Waals surface area contributed by atoms with Gasteiger partial charge in [0.25, 0.3) is 0 Å². The number of hydrogen-bond acceptors (Lipinski definition) is 2. The first-order valence-electron chi connectivity index (χ1n) is 3.95. The fraction of sp³-hybridized carbons (Fsp3) is 0.625. The van der Waals surface area contributed by atoms with Crippen LogP contribution < -0.4 is 0 Å². The van der Waals surface area contributed by atoms with Crippen molar-refractivity contribution >= 4 is 0 Å². The molecular formula is C8H14N2O. The van der Waals surface area contributed by atoms with Crippen molar-refractivity contribution in [2.45, 2.75) is 26.2 Å². The summed E-state index contributed by atoms with van der Waals surface area (Å²) in [4.78, 5) is 0. The standard InChI is InChI=1S/C8H14N2O/c1-3-4-5-7-8(11)6-9-10(7)2/h6,11H,3-5H2,1-2H3. The highest BCUT2D eigenvalue weighted by molar-refractivity contribution is 5.22. The third kappa shape index (κ3) is 1.73. The first-order valence-corrected chi connectivity index (χ1v) is 3.95. The van der Waals surface area contributed by atoms with Crippen LogP contribution in [0.25, 0.3) is 0 Å². The van der Waals surface area contributed by atoms with Gasteiger partial charge in [-0.05, 0) is 12.8 Å². The Labute approximate surface area is 66.7 Å². The highest BCUT2D eigenvalue weighted by Crippen LogP contribution is 2.16. The van der Waals surface area contributed by atoms with Gasteiger partial charge in [-0.3, -0.25) is 4.68 Å². The topological polar surface area (TPSA) is 38.1 Å². The van der Waals surface area contributed by atoms with Crippen LogP contribution in [0.5, 0.6) is 5.75 Å². The zero-order valence-electron chi connectivity index (χ0n) is 7.04. The van der Waals surface area contributed by atoms with Crippen LogP contribution in [0.3, 0.4) is 0 Å². The Bertz CT molecular complexity index is 210. The Hall–Kier alpha value is -0.990. The zero-order valence-corrected chi connectivity index (χ0v) is 7.04. The van der Waals surface area contributed by atoms with Gasteiger partial charge in [0.15, 0.2) is 5.75 Å². The molecule has 3 heteroatoms. The van der Waals surface area contributed by atoms with Crippen molar-refractivity contribution in [2.75, 3.05) is 0 Å². The molecule has 0 aliphatic rings. The Kier molecular flexibility index (Phi) is 2.52. The first kappa shape index (κ1) is 8.11. The number of aryl methyl sites for hydroxylation is 1. The molecule has 0 radical (unpaired) electrons. The number of hydrogen-bond donors (Lipinski definition) is 1. The summed E-state index contributed by atoms with van der Waals surface area (Å²) in [6.45, 7) is 2.13. The lowest BCUT2D eigenvalue weighted by atomic mass is 10.2. The maximum Gasteiger partial charge on any atom is 0.156 e. The summed E-state index contributed by atoms with van der Waals surface area (Å²) in [7, 11) is 1.85. The van der Waals surface area contributed by atoms with Crippen LogP contribution in [-0.2, 0) is 13.5 Å². The molecule has 0 unspecified atom stereocenters. The predicted octanol–water partition coefficient (Wildman–Crippen LogP) is 1.47. The fourth-order valence-corrected chi connectivity index (χ4v) is 1.09. The molecule has 0 spiro atoms. The molecule has 11 heavy (non-hydrogen) atoms. The zero-order chi connectivity index (χ0) is 8.27. The predicted molar refractivity (Wildman–Crippen MR) is 43.5 cm³/mol. The number of aromatic nitrogens is 2. The van der Waals surface area contributed by atoms with E-state index in [9.17, 15) is 5.11 Å². The van der Waals surface area contributed by atoms with Gasteiger partial charge in [0.05, 0.1) is 11.9 Å². The third-order valence-electron chi connectivity index (χ3n) is 1.81. The van der Waals surface area contributed by atoms with Crippen LogP contribution in [0.4, 0.5) is 0 Å². The number of aromatic hydroxyl groups is 1. The third-order valence-corrected chi connectivity index (χ3v) is 1.81. The van der Waals surface area contributed by atoms with E-state index in [1.807, 2.05) is 7.05 Å². The highest BCUT2D eigenvalue weighted by atomic mass is 16.3. The number of nitrogens with zero attached hydrogens (tertiary/aromatic N) is 2. The summed E-state index contributed by atoms with van der Waals surface area (Å²) < 4.78 is 1.73. The molecule has 0 saturated carbocycles. The van der Waals surface area contributed by atoms with Gasteiger partial charge in [0, 0.05) is 7.05 Å². The second-order valence-electron chi connectivity index (χ2n) is 2.70. The van der Waals surface area contributed by atoms with E-state index in [0.29, 0.717) is 5.75 Å². The maximum absolute atomic E-state index is 9.27. The van der Waals surface area contributed by atoms with Gasteiger partial charge in [-0.2, -0.15) is 5.10 Å². The molecule has 0 aliphatic heterocycles. The number of rotatable bonds is 3. The van der Waals surface area contributed by atoms with Crippen molar-refractivity contribution in [3.8, 4) is 5.75 Å². The van der Waals surface area contributed by atoms with Crippen molar-refractivity contribution < 1.29 is 5.11 Å². The minimum atomic E-state index is 0.320. The Morgan fingerprint density at radius 3 is 2.82 bits per heavy atom. The van der Waals surface area contributed by atoms with Crippen LogP contribution in [0, 0.1) is 0 Å². The molecule has 0 bridgehead atoms. The maximum atomic E-state index is 9.27. The molecule has 62 valence electrons. The van der Waals surface area contributed by atoms with Gasteiger partial charge in [-0.15, -0.1) is 0 Å². The molecule has 0 atom stereocenters. The SMILES string of the molecule is CCCCc1c(O)cnn1C. The lowest BCUT2D eigenvalue weighted by Gasteiger charge is -1.99. The van der Waals surface area contributed by atoms with Gasteiger partial charge in [0.1, 0.15) is 0 Å². The fourth-order valence-electron chi connectivity index (χ4n) is 1.09. The van der Waals surface area contributed by atoms with Crippen LogP contribution in [0.15, 0.2) is 6.20 Å². The van der Waals surface area contributed by atoms with Crippen molar-refractivity contribution in [1.29, 1.82) is 0 Å². The molecule has 0 amide bonds. The minimum Gasteiger partial charge on any atom is -0.504 e. The van der Waals surface area contributed by atoms with Crippen molar-refractivity contribution in [3.05, 3.63) is 11.9 Å². The highest BCUT2D eigenvalue weighted by Gasteiger charge is 2.04.